The number of nitrogens with one attached hydrogen (secondary N) is 1. The predicted molar refractivity (Wildman–Crippen MR) is 119 cm³/mol. The van der Waals surface area contributed by atoms with E-state index < -0.39 is 0 Å². The topological polar surface area (TPSA) is 41.6 Å². The molecule has 3 rings (SSSR count). The van der Waals surface area contributed by atoms with Crippen molar-refractivity contribution in [3.05, 3.63) is 59.1 Å². The van der Waals surface area contributed by atoms with Crippen molar-refractivity contribution in [2.24, 2.45) is 0 Å². The second-order valence-corrected chi connectivity index (χ2v) is 8.53. The molecule has 28 heavy (non-hydrogen) atoms. The largest absolute Gasteiger partial charge is 0.494 e. The number of carbonyl (C=O) groups excluding carboxylic acids is 1. The zero-order valence-corrected chi connectivity index (χ0v) is 17.8. The number of thioether (sulfide) groups is 1. The van der Waals surface area contributed by atoms with Crippen LogP contribution in [0.25, 0.3) is 0 Å². The molecular weight excluding hydrogens is 392 g/mol. The zero-order valence-electron chi connectivity index (χ0n) is 16.2. The summed E-state index contributed by atoms with van der Waals surface area (Å²) in [6.07, 6.45) is 3.05. The average Bonchev–Trinajstić information content (AvgIpc) is 2.96. The molecule has 0 aliphatic carbocycles. The summed E-state index contributed by atoms with van der Waals surface area (Å²) in [5, 5.41) is 4.13. The van der Waals surface area contributed by atoms with Gasteiger partial charge in [0.1, 0.15) is 5.75 Å². The summed E-state index contributed by atoms with van der Waals surface area (Å²) in [5.74, 6) is 1.73. The number of hydrogen-bond donors (Lipinski definition) is 1. The molecule has 2 aromatic rings. The van der Waals surface area contributed by atoms with Crippen LogP contribution in [0.3, 0.4) is 0 Å². The summed E-state index contributed by atoms with van der Waals surface area (Å²) in [7, 11) is 0. The third-order valence-electron chi connectivity index (χ3n) is 4.75. The summed E-state index contributed by atoms with van der Waals surface area (Å²) in [6, 6.07) is 15.5. The van der Waals surface area contributed by atoms with E-state index in [-0.39, 0.29) is 6.03 Å². The fraction of sp³-hybridized carbons (Fsp3) is 0.409. The summed E-state index contributed by atoms with van der Waals surface area (Å²) < 4.78 is 5.67. The van der Waals surface area contributed by atoms with E-state index in [0.29, 0.717) is 11.8 Å². The summed E-state index contributed by atoms with van der Waals surface area (Å²) >= 11 is 8.22. The molecule has 1 saturated heterocycles. The van der Waals surface area contributed by atoms with Gasteiger partial charge in [0.25, 0.3) is 0 Å². The van der Waals surface area contributed by atoms with Gasteiger partial charge in [-0.15, -0.1) is 0 Å². The molecule has 0 saturated carbocycles. The van der Waals surface area contributed by atoms with Crippen LogP contribution in [-0.2, 0) is 0 Å². The van der Waals surface area contributed by atoms with Gasteiger partial charge in [0, 0.05) is 34.8 Å². The number of rotatable bonds is 6. The standard InChI is InChI=1S/C22H27ClN2O2S/c1-2-3-15-27-18-10-8-17(9-11-18)24-22(26)25-13-12-21(28-16-14-25)19-6-4-5-7-20(19)23/h4-11,21H,2-3,12-16H2,1H3,(H,24,26). The van der Waals surface area contributed by atoms with Gasteiger partial charge in [-0.1, -0.05) is 43.1 Å². The maximum Gasteiger partial charge on any atom is 0.321 e. The van der Waals surface area contributed by atoms with Gasteiger partial charge >= 0.3 is 6.03 Å². The minimum atomic E-state index is -0.0555. The molecule has 0 radical (unpaired) electrons. The fourth-order valence-corrected chi connectivity index (χ4v) is 4.73. The van der Waals surface area contributed by atoms with Crippen LogP contribution in [0.5, 0.6) is 5.75 Å². The first kappa shape index (κ1) is 20.9. The fourth-order valence-electron chi connectivity index (χ4n) is 3.13. The van der Waals surface area contributed by atoms with Gasteiger partial charge in [0.05, 0.1) is 6.61 Å². The van der Waals surface area contributed by atoms with Crippen LogP contribution in [0, 0.1) is 0 Å². The Morgan fingerprint density at radius 1 is 1.21 bits per heavy atom. The Bertz CT molecular complexity index is 769. The van der Waals surface area contributed by atoms with Crippen molar-refractivity contribution in [3.8, 4) is 5.75 Å². The molecule has 1 fully saturated rings. The normalized spacial score (nSPS) is 17.1. The predicted octanol–water partition coefficient (Wildman–Crippen LogP) is 6.23. The van der Waals surface area contributed by atoms with E-state index in [2.05, 4.69) is 18.3 Å². The lowest BCUT2D eigenvalue weighted by atomic mass is 10.1. The van der Waals surface area contributed by atoms with Crippen molar-refractivity contribution in [1.82, 2.24) is 4.90 Å². The number of anilines is 1. The molecule has 1 aliphatic rings. The van der Waals surface area contributed by atoms with Gasteiger partial charge in [-0.25, -0.2) is 4.79 Å². The average molecular weight is 419 g/mol. The molecule has 0 bridgehead atoms. The highest BCUT2D eigenvalue weighted by Gasteiger charge is 2.23. The first-order valence-electron chi connectivity index (χ1n) is 9.82. The first-order valence-corrected chi connectivity index (χ1v) is 11.2. The number of unbranched alkanes of at least 4 members (excludes halogenated alkanes) is 1. The van der Waals surface area contributed by atoms with E-state index in [9.17, 15) is 4.79 Å². The molecule has 2 amide bonds. The molecule has 6 heteroatoms. The van der Waals surface area contributed by atoms with Crippen LogP contribution >= 0.6 is 23.4 Å². The Kier molecular flexibility index (Phi) is 7.92. The molecule has 1 aliphatic heterocycles. The van der Waals surface area contributed by atoms with Crippen molar-refractivity contribution in [2.75, 3.05) is 30.8 Å². The smallest absolute Gasteiger partial charge is 0.321 e. The number of benzene rings is 2. The maximum absolute atomic E-state index is 12.7. The van der Waals surface area contributed by atoms with E-state index >= 15 is 0 Å². The van der Waals surface area contributed by atoms with E-state index in [1.807, 2.05) is 59.1 Å². The van der Waals surface area contributed by atoms with Crippen LogP contribution in [0.4, 0.5) is 10.5 Å². The molecule has 1 heterocycles. The van der Waals surface area contributed by atoms with Crippen molar-refractivity contribution in [1.29, 1.82) is 0 Å². The molecular formula is C22H27ClN2O2S. The van der Waals surface area contributed by atoms with Gasteiger partial charge in [0.2, 0.25) is 0 Å². The Morgan fingerprint density at radius 3 is 2.75 bits per heavy atom. The second kappa shape index (κ2) is 10.6. The first-order chi connectivity index (χ1) is 13.7. The Hall–Kier alpha value is -1.85. The van der Waals surface area contributed by atoms with Crippen LogP contribution in [0.2, 0.25) is 5.02 Å². The monoisotopic (exact) mass is 418 g/mol. The van der Waals surface area contributed by atoms with E-state index in [1.54, 1.807) is 0 Å². The van der Waals surface area contributed by atoms with Crippen molar-refractivity contribution < 1.29 is 9.53 Å². The SMILES string of the molecule is CCCCOc1ccc(NC(=O)N2CCSC(c3ccccc3Cl)CC2)cc1. The number of ether oxygens (including phenoxy) is 1. The van der Waals surface area contributed by atoms with Gasteiger partial charge < -0.3 is 15.0 Å². The van der Waals surface area contributed by atoms with Crippen molar-refractivity contribution in [2.45, 2.75) is 31.4 Å². The summed E-state index contributed by atoms with van der Waals surface area (Å²) in [4.78, 5) is 14.6. The van der Waals surface area contributed by atoms with E-state index in [1.165, 1.54) is 0 Å². The number of urea groups is 1. The molecule has 0 aromatic heterocycles. The summed E-state index contributed by atoms with van der Waals surface area (Å²) in [6.45, 7) is 4.31. The maximum atomic E-state index is 12.7. The van der Waals surface area contributed by atoms with E-state index in [0.717, 1.165) is 60.2 Å². The minimum absolute atomic E-state index is 0.0555. The molecule has 0 spiro atoms. The third-order valence-corrected chi connectivity index (χ3v) is 6.41. The number of halogens is 1. The zero-order chi connectivity index (χ0) is 19.8. The Labute approximate surface area is 176 Å². The highest BCUT2D eigenvalue weighted by molar-refractivity contribution is 7.99. The molecule has 1 N–H and O–H groups in total. The molecule has 1 atom stereocenters. The van der Waals surface area contributed by atoms with Crippen LogP contribution in [0.1, 0.15) is 37.0 Å². The van der Waals surface area contributed by atoms with Gasteiger partial charge in [0.15, 0.2) is 0 Å². The summed E-state index contributed by atoms with van der Waals surface area (Å²) in [5.41, 5.74) is 1.95. The van der Waals surface area contributed by atoms with Crippen LogP contribution < -0.4 is 10.1 Å². The molecule has 150 valence electrons. The van der Waals surface area contributed by atoms with Crippen molar-refractivity contribution >= 4 is 35.1 Å². The van der Waals surface area contributed by atoms with Gasteiger partial charge in [-0.05, 0) is 48.7 Å². The van der Waals surface area contributed by atoms with Gasteiger partial charge in [-0.2, -0.15) is 11.8 Å². The lowest BCUT2D eigenvalue weighted by Crippen LogP contribution is -2.36. The molecule has 4 nitrogen and oxygen atoms in total. The molecule has 2 aromatic carbocycles. The number of carbonyl (C=O) groups is 1. The van der Waals surface area contributed by atoms with Crippen LogP contribution in [0.15, 0.2) is 48.5 Å². The number of amides is 2. The number of nitrogens with zero attached hydrogens (tertiary/aromatic N) is 1. The highest BCUT2D eigenvalue weighted by Crippen LogP contribution is 2.37. The van der Waals surface area contributed by atoms with Crippen molar-refractivity contribution in [3.63, 3.8) is 0 Å². The second-order valence-electron chi connectivity index (χ2n) is 6.81. The third kappa shape index (κ3) is 5.82. The molecule has 1 unspecified atom stereocenters. The Morgan fingerprint density at radius 2 is 2.00 bits per heavy atom. The van der Waals surface area contributed by atoms with Crippen LogP contribution in [-0.4, -0.2) is 36.4 Å². The quantitative estimate of drug-likeness (QED) is 0.565. The lowest BCUT2D eigenvalue weighted by Gasteiger charge is -2.21. The minimum Gasteiger partial charge on any atom is -0.494 e. The highest BCUT2D eigenvalue weighted by atomic mass is 35.5. The van der Waals surface area contributed by atoms with Gasteiger partial charge in [-0.3, -0.25) is 0 Å². The Balaban J connectivity index is 1.53. The van der Waals surface area contributed by atoms with E-state index in [4.69, 9.17) is 16.3 Å². The lowest BCUT2D eigenvalue weighted by molar-refractivity contribution is 0.215. The number of hydrogen-bond acceptors (Lipinski definition) is 3.